The van der Waals surface area contributed by atoms with Crippen LogP contribution in [0.3, 0.4) is 0 Å². The van der Waals surface area contributed by atoms with Crippen LogP contribution in [-0.2, 0) is 6.54 Å². The normalized spacial score (nSPS) is 15.2. The fraction of sp³-hybridized carbons (Fsp3) is 0.667. The number of nitrogens with zero attached hydrogens (tertiary/aromatic N) is 2. The molecule has 0 amide bonds. The van der Waals surface area contributed by atoms with E-state index in [4.69, 9.17) is 4.74 Å². The summed E-state index contributed by atoms with van der Waals surface area (Å²) in [7, 11) is 2.16. The summed E-state index contributed by atoms with van der Waals surface area (Å²) in [6, 6.07) is 5.33. The Hall–Kier alpha value is -1.13. The molecule has 0 bridgehead atoms. The van der Waals surface area contributed by atoms with E-state index in [9.17, 15) is 0 Å². The molecule has 0 unspecified atom stereocenters. The molecule has 1 aromatic rings. The SMILES string of the molecule is CC(C)NCc1ccnc(OCCN(C)C2CC2)c1. The molecule has 1 aliphatic rings. The molecule has 1 aromatic heterocycles. The highest BCUT2D eigenvalue weighted by atomic mass is 16.5. The molecule has 0 radical (unpaired) electrons. The first-order valence-electron chi connectivity index (χ1n) is 7.16. The molecule has 1 fully saturated rings. The molecular weight excluding hydrogens is 238 g/mol. The summed E-state index contributed by atoms with van der Waals surface area (Å²) >= 11 is 0. The molecule has 0 aliphatic heterocycles. The zero-order valence-corrected chi connectivity index (χ0v) is 12.2. The van der Waals surface area contributed by atoms with Crippen LogP contribution in [0.25, 0.3) is 0 Å². The third kappa shape index (κ3) is 5.17. The second-order valence-electron chi connectivity index (χ2n) is 5.60. The van der Waals surface area contributed by atoms with E-state index in [1.165, 1.54) is 18.4 Å². The molecule has 0 aromatic carbocycles. The second-order valence-corrected chi connectivity index (χ2v) is 5.60. The van der Waals surface area contributed by atoms with E-state index in [0.717, 1.165) is 25.0 Å². The second kappa shape index (κ2) is 6.87. The van der Waals surface area contributed by atoms with E-state index >= 15 is 0 Å². The molecule has 0 atom stereocenters. The largest absolute Gasteiger partial charge is 0.476 e. The number of nitrogens with one attached hydrogen (secondary N) is 1. The maximum absolute atomic E-state index is 5.72. The van der Waals surface area contributed by atoms with E-state index in [1.807, 2.05) is 18.3 Å². The molecular formula is C15H25N3O. The van der Waals surface area contributed by atoms with Gasteiger partial charge in [-0.2, -0.15) is 0 Å². The van der Waals surface area contributed by atoms with Gasteiger partial charge in [-0.15, -0.1) is 0 Å². The minimum Gasteiger partial charge on any atom is -0.476 e. The van der Waals surface area contributed by atoms with Gasteiger partial charge in [-0.1, -0.05) is 13.8 Å². The van der Waals surface area contributed by atoms with Crippen molar-refractivity contribution in [3.8, 4) is 5.88 Å². The molecule has 1 saturated carbocycles. The lowest BCUT2D eigenvalue weighted by molar-refractivity contribution is 0.226. The fourth-order valence-corrected chi connectivity index (χ4v) is 1.95. The Kier molecular flexibility index (Phi) is 5.16. The van der Waals surface area contributed by atoms with Gasteiger partial charge in [0.25, 0.3) is 0 Å². The maximum Gasteiger partial charge on any atom is 0.213 e. The number of pyridine rings is 1. The third-order valence-electron chi connectivity index (χ3n) is 3.38. The standard InChI is InChI=1S/C15H25N3O/c1-12(2)17-11-13-6-7-16-15(10-13)19-9-8-18(3)14-4-5-14/h6-7,10,12,14,17H,4-5,8-9,11H2,1-3H3. The lowest BCUT2D eigenvalue weighted by Gasteiger charge is -2.15. The van der Waals surface area contributed by atoms with Gasteiger partial charge in [0.1, 0.15) is 6.61 Å². The monoisotopic (exact) mass is 263 g/mol. The van der Waals surface area contributed by atoms with Crippen molar-refractivity contribution in [1.29, 1.82) is 0 Å². The van der Waals surface area contributed by atoms with Crippen LogP contribution in [-0.4, -0.2) is 42.2 Å². The summed E-state index contributed by atoms with van der Waals surface area (Å²) in [6.45, 7) is 6.83. The predicted octanol–water partition coefficient (Wildman–Crippen LogP) is 2.05. The lowest BCUT2D eigenvalue weighted by atomic mass is 10.2. The number of aromatic nitrogens is 1. The van der Waals surface area contributed by atoms with Crippen molar-refractivity contribution in [3.05, 3.63) is 23.9 Å². The minimum atomic E-state index is 0.490. The van der Waals surface area contributed by atoms with Crippen molar-refractivity contribution in [2.75, 3.05) is 20.2 Å². The summed E-state index contributed by atoms with van der Waals surface area (Å²) in [4.78, 5) is 6.62. The molecule has 1 aliphatic carbocycles. The highest BCUT2D eigenvalue weighted by Crippen LogP contribution is 2.24. The van der Waals surface area contributed by atoms with Crippen molar-refractivity contribution >= 4 is 0 Å². The molecule has 1 N–H and O–H groups in total. The van der Waals surface area contributed by atoms with Gasteiger partial charge >= 0.3 is 0 Å². The van der Waals surface area contributed by atoms with Gasteiger partial charge < -0.3 is 15.0 Å². The van der Waals surface area contributed by atoms with Crippen molar-refractivity contribution in [2.45, 2.75) is 45.3 Å². The number of rotatable bonds is 8. The zero-order valence-electron chi connectivity index (χ0n) is 12.2. The van der Waals surface area contributed by atoms with Crippen molar-refractivity contribution < 1.29 is 4.74 Å². The molecule has 0 spiro atoms. The van der Waals surface area contributed by atoms with Gasteiger partial charge in [0.05, 0.1) is 0 Å². The van der Waals surface area contributed by atoms with E-state index < -0.39 is 0 Å². The average molecular weight is 263 g/mol. The highest BCUT2D eigenvalue weighted by molar-refractivity contribution is 5.20. The van der Waals surface area contributed by atoms with Gasteiger partial charge in [-0.05, 0) is 31.5 Å². The van der Waals surface area contributed by atoms with E-state index in [-0.39, 0.29) is 0 Å². The average Bonchev–Trinajstić information content (AvgIpc) is 3.21. The Morgan fingerprint density at radius 1 is 1.47 bits per heavy atom. The Morgan fingerprint density at radius 3 is 2.95 bits per heavy atom. The lowest BCUT2D eigenvalue weighted by Crippen LogP contribution is -2.26. The zero-order chi connectivity index (χ0) is 13.7. The van der Waals surface area contributed by atoms with Crippen LogP contribution >= 0.6 is 0 Å². The maximum atomic E-state index is 5.72. The van der Waals surface area contributed by atoms with Crippen molar-refractivity contribution in [3.63, 3.8) is 0 Å². The van der Waals surface area contributed by atoms with E-state index in [2.05, 4.69) is 36.1 Å². The first-order valence-corrected chi connectivity index (χ1v) is 7.16. The highest BCUT2D eigenvalue weighted by Gasteiger charge is 2.25. The van der Waals surface area contributed by atoms with Crippen molar-refractivity contribution in [2.24, 2.45) is 0 Å². The smallest absolute Gasteiger partial charge is 0.213 e. The Morgan fingerprint density at radius 2 is 2.26 bits per heavy atom. The van der Waals surface area contributed by atoms with Crippen LogP contribution in [0.4, 0.5) is 0 Å². The van der Waals surface area contributed by atoms with Crippen LogP contribution in [0, 0.1) is 0 Å². The van der Waals surface area contributed by atoms with Crippen LogP contribution in [0.1, 0.15) is 32.3 Å². The van der Waals surface area contributed by atoms with Gasteiger partial charge in [0.15, 0.2) is 0 Å². The first-order chi connectivity index (χ1) is 9.15. The van der Waals surface area contributed by atoms with E-state index in [0.29, 0.717) is 12.6 Å². The Labute approximate surface area is 116 Å². The van der Waals surface area contributed by atoms with Gasteiger partial charge in [-0.25, -0.2) is 4.98 Å². The first kappa shape index (κ1) is 14.3. The van der Waals surface area contributed by atoms with E-state index in [1.54, 1.807) is 0 Å². The molecule has 0 saturated heterocycles. The van der Waals surface area contributed by atoms with Crippen LogP contribution in [0.15, 0.2) is 18.3 Å². The minimum absolute atomic E-state index is 0.490. The van der Waals surface area contributed by atoms with Gasteiger partial charge in [0.2, 0.25) is 5.88 Å². The number of hydrogen-bond donors (Lipinski definition) is 1. The van der Waals surface area contributed by atoms with Crippen LogP contribution < -0.4 is 10.1 Å². The molecule has 4 heteroatoms. The summed E-state index contributed by atoms with van der Waals surface area (Å²) in [6.07, 6.45) is 4.49. The number of hydrogen-bond acceptors (Lipinski definition) is 4. The molecule has 106 valence electrons. The quantitative estimate of drug-likeness (QED) is 0.779. The summed E-state index contributed by atoms with van der Waals surface area (Å²) in [5.41, 5.74) is 1.22. The summed E-state index contributed by atoms with van der Waals surface area (Å²) in [5.74, 6) is 0.729. The Bertz CT molecular complexity index is 391. The van der Waals surface area contributed by atoms with Gasteiger partial charge in [0, 0.05) is 37.4 Å². The molecule has 19 heavy (non-hydrogen) atoms. The fourth-order valence-electron chi connectivity index (χ4n) is 1.95. The summed E-state index contributed by atoms with van der Waals surface area (Å²) < 4.78 is 5.72. The molecule has 1 heterocycles. The molecule has 2 rings (SSSR count). The van der Waals surface area contributed by atoms with Crippen LogP contribution in [0.2, 0.25) is 0 Å². The molecule has 4 nitrogen and oxygen atoms in total. The predicted molar refractivity (Wildman–Crippen MR) is 77.4 cm³/mol. The van der Waals surface area contributed by atoms with Crippen molar-refractivity contribution in [1.82, 2.24) is 15.2 Å². The topological polar surface area (TPSA) is 37.4 Å². The number of likely N-dealkylation sites (N-methyl/N-ethyl adjacent to an activating group) is 1. The van der Waals surface area contributed by atoms with Gasteiger partial charge in [-0.3, -0.25) is 0 Å². The Balaban J connectivity index is 1.74. The summed E-state index contributed by atoms with van der Waals surface area (Å²) in [5, 5.41) is 3.39. The number of ether oxygens (including phenoxy) is 1. The third-order valence-corrected chi connectivity index (χ3v) is 3.38. The van der Waals surface area contributed by atoms with Crippen LogP contribution in [0.5, 0.6) is 5.88 Å².